The smallest absolute Gasteiger partial charge is 0.261 e. The average molecular weight is 248 g/mol. The van der Waals surface area contributed by atoms with E-state index < -0.39 is 0 Å². The maximum absolute atomic E-state index is 12.0. The highest BCUT2D eigenvalue weighted by atomic mass is 16.7. The number of hydroxylamine groups is 1. The number of nitrogens with one attached hydrogen (secondary N) is 2. The van der Waals surface area contributed by atoms with Crippen LogP contribution in [0.3, 0.4) is 0 Å². The molecule has 0 fully saturated rings. The van der Waals surface area contributed by atoms with Crippen LogP contribution in [0.4, 0.5) is 0 Å². The first-order valence-electron chi connectivity index (χ1n) is 6.24. The number of fused-ring (bicyclic) bond motifs is 1. The van der Waals surface area contributed by atoms with Crippen LogP contribution in [0.25, 0.3) is 0 Å². The Morgan fingerprint density at radius 2 is 2.00 bits per heavy atom. The molecule has 4 heteroatoms. The maximum Gasteiger partial charge on any atom is 0.261 e. The highest BCUT2D eigenvalue weighted by molar-refractivity contribution is 5.81. The average Bonchev–Trinajstić information content (AvgIpc) is 2.34. The van der Waals surface area contributed by atoms with Crippen LogP contribution in [-0.2, 0) is 22.6 Å². The van der Waals surface area contributed by atoms with Gasteiger partial charge in [0.25, 0.3) is 5.91 Å². The number of carbonyl (C=O) groups excluding carboxylic acids is 1. The minimum absolute atomic E-state index is 0.112. The van der Waals surface area contributed by atoms with E-state index in [1.807, 2.05) is 32.9 Å². The van der Waals surface area contributed by atoms with Gasteiger partial charge in [0.2, 0.25) is 0 Å². The molecule has 1 amide bonds. The molecule has 1 unspecified atom stereocenters. The summed E-state index contributed by atoms with van der Waals surface area (Å²) in [4.78, 5) is 17.2. The number of hydrogen-bond donors (Lipinski definition) is 2. The lowest BCUT2D eigenvalue weighted by atomic mass is 9.96. The monoisotopic (exact) mass is 248 g/mol. The fraction of sp³-hybridized carbons (Fsp3) is 0.500. The molecule has 4 nitrogen and oxygen atoms in total. The highest BCUT2D eigenvalue weighted by Crippen LogP contribution is 2.16. The Kier molecular flexibility index (Phi) is 3.68. The van der Waals surface area contributed by atoms with Gasteiger partial charge in [0.15, 0.2) is 0 Å². The fourth-order valence-corrected chi connectivity index (χ4v) is 1.91. The van der Waals surface area contributed by atoms with Crippen LogP contribution < -0.4 is 10.8 Å². The van der Waals surface area contributed by atoms with Crippen molar-refractivity contribution < 1.29 is 9.63 Å². The summed E-state index contributed by atoms with van der Waals surface area (Å²) in [6.45, 7) is 6.43. The molecule has 0 radical (unpaired) electrons. The van der Waals surface area contributed by atoms with Gasteiger partial charge in [0.05, 0.1) is 11.6 Å². The summed E-state index contributed by atoms with van der Waals surface area (Å²) in [5, 5.41) is 3.22. The van der Waals surface area contributed by atoms with Gasteiger partial charge in [-0.15, -0.1) is 0 Å². The van der Waals surface area contributed by atoms with Crippen molar-refractivity contribution in [3.63, 3.8) is 0 Å². The first-order valence-corrected chi connectivity index (χ1v) is 6.24. The molecular formula is C14H20N2O2. The molecule has 1 aliphatic rings. The molecule has 1 aromatic rings. The summed E-state index contributed by atoms with van der Waals surface area (Å²) < 4.78 is 0. The summed E-state index contributed by atoms with van der Waals surface area (Å²) in [6, 6.07) is 7.96. The van der Waals surface area contributed by atoms with E-state index in [1.54, 1.807) is 0 Å². The van der Waals surface area contributed by atoms with E-state index in [0.717, 1.165) is 6.54 Å². The van der Waals surface area contributed by atoms with E-state index in [1.165, 1.54) is 11.1 Å². The SMILES string of the molecule is CC(C)(C)ONC(=O)C1Cc2ccccc2CN1. The standard InChI is InChI=1S/C14H20N2O2/c1-14(2,3)18-16-13(17)12-8-10-6-4-5-7-11(10)9-15-12/h4-7,12,15H,8-9H2,1-3H3,(H,16,17). The molecule has 98 valence electrons. The van der Waals surface area contributed by atoms with Gasteiger partial charge in [0, 0.05) is 6.54 Å². The summed E-state index contributed by atoms with van der Waals surface area (Å²) in [5.41, 5.74) is 4.64. The van der Waals surface area contributed by atoms with Crippen LogP contribution in [0.5, 0.6) is 0 Å². The van der Waals surface area contributed by atoms with E-state index in [-0.39, 0.29) is 17.6 Å². The molecule has 2 N–H and O–H groups in total. The Morgan fingerprint density at radius 3 is 2.67 bits per heavy atom. The largest absolute Gasteiger partial charge is 0.301 e. The molecule has 0 aliphatic carbocycles. The molecule has 0 saturated carbocycles. The van der Waals surface area contributed by atoms with Gasteiger partial charge in [-0.3, -0.25) is 9.63 Å². The van der Waals surface area contributed by atoms with Crippen LogP contribution in [-0.4, -0.2) is 17.6 Å². The minimum Gasteiger partial charge on any atom is -0.301 e. The van der Waals surface area contributed by atoms with Gasteiger partial charge in [-0.2, -0.15) is 0 Å². The highest BCUT2D eigenvalue weighted by Gasteiger charge is 2.25. The number of hydrogen-bond acceptors (Lipinski definition) is 3. The van der Waals surface area contributed by atoms with Crippen molar-refractivity contribution in [1.29, 1.82) is 0 Å². The third-order valence-corrected chi connectivity index (χ3v) is 2.86. The second kappa shape index (κ2) is 5.08. The van der Waals surface area contributed by atoms with Crippen molar-refractivity contribution in [2.75, 3.05) is 0 Å². The molecule has 1 aromatic carbocycles. The predicted molar refractivity (Wildman–Crippen MR) is 69.8 cm³/mol. The Morgan fingerprint density at radius 1 is 1.33 bits per heavy atom. The first kappa shape index (κ1) is 13.1. The third-order valence-electron chi connectivity index (χ3n) is 2.86. The molecular weight excluding hydrogens is 228 g/mol. The zero-order valence-electron chi connectivity index (χ0n) is 11.1. The normalized spacial score (nSPS) is 19.2. The lowest BCUT2D eigenvalue weighted by molar-refractivity contribution is -0.147. The van der Waals surface area contributed by atoms with E-state index in [4.69, 9.17) is 4.84 Å². The summed E-state index contributed by atoms with van der Waals surface area (Å²) in [7, 11) is 0. The summed E-state index contributed by atoms with van der Waals surface area (Å²) in [5.74, 6) is -0.112. The molecule has 1 atom stereocenters. The quantitative estimate of drug-likeness (QED) is 0.781. The zero-order chi connectivity index (χ0) is 13.2. The Labute approximate surface area is 108 Å². The topological polar surface area (TPSA) is 50.4 Å². The van der Waals surface area contributed by atoms with Crippen molar-refractivity contribution in [1.82, 2.24) is 10.8 Å². The third kappa shape index (κ3) is 3.31. The zero-order valence-corrected chi connectivity index (χ0v) is 11.1. The van der Waals surface area contributed by atoms with Crippen molar-refractivity contribution in [3.8, 4) is 0 Å². The molecule has 1 aliphatic heterocycles. The van der Waals surface area contributed by atoms with Gasteiger partial charge in [-0.05, 0) is 38.3 Å². The lowest BCUT2D eigenvalue weighted by Crippen LogP contribution is -2.49. The lowest BCUT2D eigenvalue weighted by Gasteiger charge is -2.27. The van der Waals surface area contributed by atoms with Crippen LogP contribution in [0.2, 0.25) is 0 Å². The summed E-state index contributed by atoms with van der Waals surface area (Å²) >= 11 is 0. The van der Waals surface area contributed by atoms with Crippen molar-refractivity contribution in [2.24, 2.45) is 0 Å². The number of amides is 1. The second-order valence-corrected chi connectivity index (χ2v) is 5.59. The van der Waals surface area contributed by atoms with Crippen LogP contribution in [0, 0.1) is 0 Å². The molecule has 0 aromatic heterocycles. The Hall–Kier alpha value is -1.39. The van der Waals surface area contributed by atoms with E-state index >= 15 is 0 Å². The number of carbonyl (C=O) groups is 1. The molecule has 0 saturated heterocycles. The van der Waals surface area contributed by atoms with E-state index in [2.05, 4.69) is 22.9 Å². The van der Waals surface area contributed by atoms with Gasteiger partial charge in [-0.1, -0.05) is 24.3 Å². The molecule has 18 heavy (non-hydrogen) atoms. The van der Waals surface area contributed by atoms with Crippen molar-refractivity contribution >= 4 is 5.91 Å². The maximum atomic E-state index is 12.0. The molecule has 1 heterocycles. The summed E-state index contributed by atoms with van der Waals surface area (Å²) in [6.07, 6.45) is 0.704. The van der Waals surface area contributed by atoms with Crippen LogP contribution >= 0.6 is 0 Å². The first-order chi connectivity index (χ1) is 8.46. The second-order valence-electron chi connectivity index (χ2n) is 5.59. The molecule has 0 bridgehead atoms. The van der Waals surface area contributed by atoms with E-state index in [0.29, 0.717) is 6.42 Å². The number of benzene rings is 1. The predicted octanol–water partition coefficient (Wildman–Crippen LogP) is 1.55. The van der Waals surface area contributed by atoms with Crippen LogP contribution in [0.15, 0.2) is 24.3 Å². The molecule has 2 rings (SSSR count). The van der Waals surface area contributed by atoms with E-state index in [9.17, 15) is 4.79 Å². The van der Waals surface area contributed by atoms with Gasteiger partial charge >= 0.3 is 0 Å². The van der Waals surface area contributed by atoms with Crippen LogP contribution in [0.1, 0.15) is 31.9 Å². The van der Waals surface area contributed by atoms with Crippen molar-refractivity contribution in [2.45, 2.75) is 45.4 Å². The fourth-order valence-electron chi connectivity index (χ4n) is 1.91. The van der Waals surface area contributed by atoms with Gasteiger partial charge in [0.1, 0.15) is 0 Å². The Balaban J connectivity index is 1.95. The minimum atomic E-state index is -0.373. The van der Waals surface area contributed by atoms with Gasteiger partial charge < -0.3 is 5.32 Å². The molecule has 0 spiro atoms. The number of rotatable bonds is 2. The Bertz CT molecular complexity index is 438. The van der Waals surface area contributed by atoms with Gasteiger partial charge in [-0.25, -0.2) is 5.48 Å². The van der Waals surface area contributed by atoms with Crippen molar-refractivity contribution in [3.05, 3.63) is 35.4 Å².